The number of carbonyl (C=O) groups is 2. The van der Waals surface area contributed by atoms with Gasteiger partial charge in [0.25, 0.3) is 0 Å². The van der Waals surface area contributed by atoms with Gasteiger partial charge in [-0.25, -0.2) is 4.79 Å². The van der Waals surface area contributed by atoms with Gasteiger partial charge >= 0.3 is 11.9 Å². The molecule has 0 aliphatic carbocycles. The fourth-order valence-corrected chi connectivity index (χ4v) is 3.94. The van der Waals surface area contributed by atoms with Crippen LogP contribution in [0.15, 0.2) is 29.2 Å². The molecule has 1 aliphatic rings. The molecule has 2 aromatic rings. The summed E-state index contributed by atoms with van der Waals surface area (Å²) in [5.74, 6) is 0.508. The minimum atomic E-state index is -0.565. The van der Waals surface area contributed by atoms with Crippen molar-refractivity contribution < 1.29 is 23.8 Å². The zero-order valence-corrected chi connectivity index (χ0v) is 16.2. The van der Waals surface area contributed by atoms with E-state index in [0.717, 1.165) is 27.3 Å². The fraction of sp³-hybridized carbons (Fsp3) is 0.300. The van der Waals surface area contributed by atoms with Crippen LogP contribution in [0.25, 0.3) is 0 Å². The van der Waals surface area contributed by atoms with Gasteiger partial charge in [-0.15, -0.1) is 0 Å². The molecule has 0 radical (unpaired) electrons. The second-order valence-electron chi connectivity index (χ2n) is 6.15. The standard InChI is InChI=1S/C20H20O5S/c1-10-11(2)18-19(26-14(5)24-18)12(3)17(10)25-20(22)15-8-6-7-9-16(15)23-13(4)21/h6-9,14H,1-5H3. The highest BCUT2D eigenvalue weighted by Crippen LogP contribution is 2.49. The zero-order valence-electron chi connectivity index (χ0n) is 15.3. The van der Waals surface area contributed by atoms with Crippen molar-refractivity contribution in [3.63, 3.8) is 0 Å². The van der Waals surface area contributed by atoms with Gasteiger partial charge in [-0.05, 0) is 51.0 Å². The van der Waals surface area contributed by atoms with E-state index in [1.165, 1.54) is 6.92 Å². The summed E-state index contributed by atoms with van der Waals surface area (Å²) in [4.78, 5) is 25.0. The molecule has 0 amide bonds. The van der Waals surface area contributed by atoms with E-state index in [2.05, 4.69) is 0 Å². The third-order valence-electron chi connectivity index (χ3n) is 4.25. The van der Waals surface area contributed by atoms with E-state index in [-0.39, 0.29) is 16.7 Å². The molecule has 5 nitrogen and oxygen atoms in total. The van der Waals surface area contributed by atoms with Gasteiger partial charge in [0, 0.05) is 12.5 Å². The highest BCUT2D eigenvalue weighted by Gasteiger charge is 2.29. The molecule has 0 saturated carbocycles. The predicted octanol–water partition coefficient (Wildman–Crippen LogP) is 4.59. The first-order valence-corrected chi connectivity index (χ1v) is 9.14. The Morgan fingerprint density at radius 3 is 2.42 bits per heavy atom. The highest BCUT2D eigenvalue weighted by molar-refractivity contribution is 8.00. The van der Waals surface area contributed by atoms with Crippen molar-refractivity contribution in [1.82, 2.24) is 0 Å². The first kappa shape index (κ1) is 18.3. The maximum absolute atomic E-state index is 12.7. The molecule has 26 heavy (non-hydrogen) atoms. The monoisotopic (exact) mass is 372 g/mol. The van der Waals surface area contributed by atoms with Crippen LogP contribution >= 0.6 is 11.8 Å². The summed E-state index contributed by atoms with van der Waals surface area (Å²) >= 11 is 1.61. The Hall–Kier alpha value is -2.47. The molecule has 0 saturated heterocycles. The van der Waals surface area contributed by atoms with Crippen molar-refractivity contribution in [2.45, 2.75) is 45.0 Å². The summed E-state index contributed by atoms with van der Waals surface area (Å²) in [6.45, 7) is 9.05. The van der Waals surface area contributed by atoms with Gasteiger partial charge in [-0.2, -0.15) is 0 Å². The Labute approximate surface area is 156 Å². The maximum atomic E-state index is 12.7. The van der Waals surface area contributed by atoms with E-state index < -0.39 is 11.9 Å². The third-order valence-corrected chi connectivity index (χ3v) is 5.41. The molecule has 1 heterocycles. The molecular weight excluding hydrogens is 352 g/mol. The Kier molecular flexibility index (Phi) is 4.96. The number of thioether (sulfide) groups is 1. The highest BCUT2D eigenvalue weighted by atomic mass is 32.2. The van der Waals surface area contributed by atoms with Crippen LogP contribution in [0.4, 0.5) is 0 Å². The Morgan fingerprint density at radius 1 is 1.04 bits per heavy atom. The number of para-hydroxylation sites is 1. The Balaban J connectivity index is 1.98. The molecule has 1 unspecified atom stereocenters. The average molecular weight is 372 g/mol. The van der Waals surface area contributed by atoms with E-state index in [0.29, 0.717) is 5.75 Å². The van der Waals surface area contributed by atoms with E-state index in [1.807, 2.05) is 27.7 Å². The summed E-state index contributed by atoms with van der Waals surface area (Å²) < 4.78 is 16.7. The topological polar surface area (TPSA) is 61.8 Å². The molecule has 1 atom stereocenters. The van der Waals surface area contributed by atoms with Gasteiger partial charge in [0.1, 0.15) is 28.2 Å². The smallest absolute Gasteiger partial charge is 0.347 e. The van der Waals surface area contributed by atoms with Crippen molar-refractivity contribution in [3.8, 4) is 17.2 Å². The van der Waals surface area contributed by atoms with E-state index in [1.54, 1.807) is 36.0 Å². The summed E-state index contributed by atoms with van der Waals surface area (Å²) in [5.41, 5.74) is 2.91. The van der Waals surface area contributed by atoms with E-state index in [4.69, 9.17) is 14.2 Å². The number of ether oxygens (including phenoxy) is 3. The van der Waals surface area contributed by atoms with Crippen molar-refractivity contribution in [2.75, 3.05) is 0 Å². The lowest BCUT2D eigenvalue weighted by molar-refractivity contribution is -0.131. The maximum Gasteiger partial charge on any atom is 0.347 e. The van der Waals surface area contributed by atoms with Crippen molar-refractivity contribution in [2.24, 2.45) is 0 Å². The molecule has 136 valence electrons. The summed E-state index contributed by atoms with van der Waals surface area (Å²) in [6.07, 6.45) is 0. The molecule has 2 aromatic carbocycles. The molecule has 0 fully saturated rings. The minimum absolute atomic E-state index is 0.0254. The first-order valence-electron chi connectivity index (χ1n) is 8.26. The van der Waals surface area contributed by atoms with Crippen LogP contribution in [0.1, 0.15) is 40.9 Å². The van der Waals surface area contributed by atoms with Gasteiger partial charge in [-0.1, -0.05) is 23.9 Å². The molecule has 1 aliphatic heterocycles. The van der Waals surface area contributed by atoms with Gasteiger partial charge in [-0.3, -0.25) is 4.79 Å². The van der Waals surface area contributed by atoms with Crippen LogP contribution in [-0.4, -0.2) is 17.4 Å². The minimum Gasteiger partial charge on any atom is -0.478 e. The van der Waals surface area contributed by atoms with Crippen LogP contribution in [0, 0.1) is 20.8 Å². The number of rotatable bonds is 3. The second kappa shape index (κ2) is 7.03. The quantitative estimate of drug-likeness (QED) is 0.580. The number of esters is 2. The lowest BCUT2D eigenvalue weighted by Gasteiger charge is -2.17. The average Bonchev–Trinajstić information content (AvgIpc) is 2.98. The first-order chi connectivity index (χ1) is 12.3. The van der Waals surface area contributed by atoms with Crippen molar-refractivity contribution in [3.05, 3.63) is 46.5 Å². The molecule has 0 spiro atoms. The number of hydrogen-bond acceptors (Lipinski definition) is 6. The second-order valence-corrected chi connectivity index (χ2v) is 7.45. The van der Waals surface area contributed by atoms with Gasteiger partial charge in [0.15, 0.2) is 0 Å². The van der Waals surface area contributed by atoms with Gasteiger partial charge in [0.05, 0.1) is 4.90 Å². The van der Waals surface area contributed by atoms with E-state index in [9.17, 15) is 9.59 Å². The lowest BCUT2D eigenvalue weighted by Crippen LogP contribution is -2.14. The van der Waals surface area contributed by atoms with Crippen LogP contribution in [0.3, 0.4) is 0 Å². The van der Waals surface area contributed by atoms with Crippen molar-refractivity contribution in [1.29, 1.82) is 0 Å². The number of fused-ring (bicyclic) bond motifs is 1. The summed E-state index contributed by atoms with van der Waals surface area (Å²) in [5, 5.41) is 0. The van der Waals surface area contributed by atoms with E-state index >= 15 is 0 Å². The molecular formula is C20H20O5S. The van der Waals surface area contributed by atoms with Crippen LogP contribution in [0.2, 0.25) is 0 Å². The van der Waals surface area contributed by atoms with Crippen molar-refractivity contribution >= 4 is 23.7 Å². The Morgan fingerprint density at radius 2 is 1.73 bits per heavy atom. The normalized spacial score (nSPS) is 15.2. The largest absolute Gasteiger partial charge is 0.478 e. The van der Waals surface area contributed by atoms with Gasteiger partial charge < -0.3 is 14.2 Å². The molecule has 0 bridgehead atoms. The lowest BCUT2D eigenvalue weighted by atomic mass is 10.0. The number of benzene rings is 2. The van der Waals surface area contributed by atoms with Crippen LogP contribution in [0.5, 0.6) is 17.2 Å². The van der Waals surface area contributed by atoms with Crippen LogP contribution in [-0.2, 0) is 4.79 Å². The molecule has 3 rings (SSSR count). The predicted molar refractivity (Wildman–Crippen MR) is 99.3 cm³/mol. The summed E-state index contributed by atoms with van der Waals surface area (Å²) in [7, 11) is 0. The number of hydrogen-bond donors (Lipinski definition) is 0. The molecule has 0 N–H and O–H groups in total. The molecule has 6 heteroatoms. The van der Waals surface area contributed by atoms with Gasteiger partial charge in [0.2, 0.25) is 0 Å². The molecule has 0 aromatic heterocycles. The van der Waals surface area contributed by atoms with Crippen LogP contribution < -0.4 is 14.2 Å². The SMILES string of the molecule is CC(=O)Oc1ccccc1C(=O)Oc1c(C)c(C)c2c(c1C)SC(C)O2. The zero-order chi connectivity index (χ0) is 19.0. The summed E-state index contributed by atoms with van der Waals surface area (Å²) in [6, 6.07) is 6.53. The fourth-order valence-electron chi connectivity index (χ4n) is 2.89. The third kappa shape index (κ3) is 3.29. The Bertz CT molecular complexity index is 904. The number of carbonyl (C=O) groups excluding carboxylic acids is 2.